The second-order valence-corrected chi connectivity index (χ2v) is 6.53. The third-order valence-corrected chi connectivity index (χ3v) is 3.99. The Balaban J connectivity index is -0.000000173. The molecule has 0 saturated heterocycles. The molecule has 0 spiro atoms. The quantitative estimate of drug-likeness (QED) is 0.282. The zero-order chi connectivity index (χ0) is 18.5. The van der Waals surface area contributed by atoms with Crippen LogP contribution >= 0.6 is 0 Å². The first kappa shape index (κ1) is 34.4. The van der Waals surface area contributed by atoms with Gasteiger partial charge in [-0.2, -0.15) is 0 Å². The number of aliphatic carboxylic acids is 2. The van der Waals surface area contributed by atoms with Crippen molar-refractivity contribution in [3.8, 4) is 0 Å². The van der Waals surface area contributed by atoms with E-state index in [9.17, 15) is 9.59 Å². The fourth-order valence-electron chi connectivity index (χ4n) is 2.47. The van der Waals surface area contributed by atoms with E-state index in [1.807, 2.05) is 0 Å². The first-order valence-corrected chi connectivity index (χ1v) is 9.98. The summed E-state index contributed by atoms with van der Waals surface area (Å²) in [7, 11) is 0. The van der Waals surface area contributed by atoms with Gasteiger partial charge in [-0.15, -0.1) is 0 Å². The number of rotatable bonds is 16. The van der Waals surface area contributed by atoms with Crippen LogP contribution in [-0.2, 0) is 9.59 Å². The van der Waals surface area contributed by atoms with E-state index in [0.29, 0.717) is 12.8 Å². The van der Waals surface area contributed by atoms with Gasteiger partial charge < -0.3 is 10.2 Å². The zero-order valence-electron chi connectivity index (χ0n) is 16.0. The van der Waals surface area contributed by atoms with Gasteiger partial charge in [0.25, 0.3) is 0 Å². The molecule has 0 amide bonds. The Morgan fingerprint density at radius 3 is 0.962 bits per heavy atom. The van der Waals surface area contributed by atoms with Crippen molar-refractivity contribution >= 4 is 71.1 Å². The summed E-state index contributed by atoms with van der Waals surface area (Å²) in [6.07, 6.45) is 17.3. The molecule has 2 N–H and O–H groups in total. The average molecular weight is 393 g/mol. The number of carboxylic acid groups (broad SMARTS) is 2. The van der Waals surface area contributed by atoms with Gasteiger partial charge in [0.15, 0.2) is 0 Å². The fraction of sp³-hybridized carbons (Fsp3) is 0.900. The second kappa shape index (κ2) is 30.7. The molecule has 0 aliphatic rings. The normalized spacial score (nSPS) is 9.31. The van der Waals surface area contributed by atoms with Gasteiger partial charge in [0.05, 0.1) is 0 Å². The SMILES string of the molecule is CCCCCCCCCC(=O)O.CCCCCCCCCC(=O)O.[NaH].[NaH]. The van der Waals surface area contributed by atoms with E-state index >= 15 is 0 Å². The third kappa shape index (κ3) is 39.8. The molecule has 0 unspecified atom stereocenters. The Bertz CT molecular complexity index is 259. The molecule has 0 heterocycles. The van der Waals surface area contributed by atoms with Crippen LogP contribution in [0, 0.1) is 0 Å². The van der Waals surface area contributed by atoms with E-state index in [0.717, 1.165) is 25.7 Å². The van der Waals surface area contributed by atoms with Gasteiger partial charge in [0, 0.05) is 12.8 Å². The Hall–Kier alpha value is 0.940. The molecule has 0 saturated carbocycles. The van der Waals surface area contributed by atoms with Crippen molar-refractivity contribution in [2.24, 2.45) is 0 Å². The molecule has 26 heavy (non-hydrogen) atoms. The van der Waals surface area contributed by atoms with Crippen LogP contribution < -0.4 is 0 Å². The van der Waals surface area contributed by atoms with E-state index < -0.39 is 11.9 Å². The Morgan fingerprint density at radius 1 is 0.500 bits per heavy atom. The molecule has 0 aromatic rings. The predicted octanol–water partition coefficient (Wildman–Crippen LogP) is 5.13. The Morgan fingerprint density at radius 2 is 0.731 bits per heavy atom. The summed E-state index contributed by atoms with van der Waals surface area (Å²) < 4.78 is 0. The molecule has 4 nitrogen and oxygen atoms in total. The molecule has 6 heteroatoms. The molecule has 148 valence electrons. The van der Waals surface area contributed by atoms with Crippen molar-refractivity contribution in [1.29, 1.82) is 0 Å². The van der Waals surface area contributed by atoms with Gasteiger partial charge in [0.1, 0.15) is 0 Å². The fourth-order valence-corrected chi connectivity index (χ4v) is 2.47. The molecule has 0 bridgehead atoms. The number of hydrogen-bond donors (Lipinski definition) is 2. The van der Waals surface area contributed by atoms with Crippen LogP contribution in [0.15, 0.2) is 0 Å². The van der Waals surface area contributed by atoms with Crippen LogP contribution in [-0.4, -0.2) is 81.3 Å². The van der Waals surface area contributed by atoms with E-state index in [-0.39, 0.29) is 59.1 Å². The molecule has 0 rings (SSSR count). The summed E-state index contributed by atoms with van der Waals surface area (Å²) in [6, 6.07) is 0. The van der Waals surface area contributed by atoms with Crippen LogP contribution in [0.1, 0.15) is 117 Å². The second-order valence-electron chi connectivity index (χ2n) is 6.53. The molecular weight excluding hydrogens is 350 g/mol. The summed E-state index contributed by atoms with van der Waals surface area (Å²) >= 11 is 0. The van der Waals surface area contributed by atoms with Crippen molar-refractivity contribution in [2.45, 2.75) is 117 Å². The average Bonchev–Trinajstić information content (AvgIpc) is 2.53. The van der Waals surface area contributed by atoms with Gasteiger partial charge >= 0.3 is 71.1 Å². The van der Waals surface area contributed by atoms with Crippen LogP contribution in [0.4, 0.5) is 0 Å². The summed E-state index contributed by atoms with van der Waals surface area (Å²) in [5.41, 5.74) is 0. The summed E-state index contributed by atoms with van der Waals surface area (Å²) in [6.45, 7) is 4.40. The minimum absolute atomic E-state index is 0. The van der Waals surface area contributed by atoms with Crippen molar-refractivity contribution < 1.29 is 19.8 Å². The predicted molar refractivity (Wildman–Crippen MR) is 115 cm³/mol. The summed E-state index contributed by atoms with van der Waals surface area (Å²) in [5.74, 6) is -1.33. The van der Waals surface area contributed by atoms with Crippen LogP contribution in [0.5, 0.6) is 0 Å². The number of carboxylic acids is 2. The van der Waals surface area contributed by atoms with Crippen molar-refractivity contribution in [1.82, 2.24) is 0 Å². The number of carbonyl (C=O) groups is 2. The zero-order valence-corrected chi connectivity index (χ0v) is 16.0. The standard InChI is InChI=1S/2C10H20O2.2Na.2H/c2*1-2-3-4-5-6-7-8-9-10(11)12;;;;/h2*2-9H2,1H3,(H,11,12);;;;. The number of unbranched alkanes of at least 4 members (excludes halogenated alkanes) is 12. The van der Waals surface area contributed by atoms with Crippen molar-refractivity contribution in [3.05, 3.63) is 0 Å². The number of hydrogen-bond acceptors (Lipinski definition) is 2. The van der Waals surface area contributed by atoms with Crippen molar-refractivity contribution in [2.75, 3.05) is 0 Å². The van der Waals surface area contributed by atoms with Gasteiger partial charge in [-0.1, -0.05) is 90.9 Å². The molecular formula is C20H42Na2O4. The Labute approximate surface area is 205 Å². The van der Waals surface area contributed by atoms with E-state index in [4.69, 9.17) is 10.2 Å². The van der Waals surface area contributed by atoms with Gasteiger partial charge in [-0.25, -0.2) is 0 Å². The van der Waals surface area contributed by atoms with Gasteiger partial charge in [-0.05, 0) is 12.8 Å². The molecule has 0 aromatic heterocycles. The molecule has 0 aliphatic carbocycles. The molecule has 0 fully saturated rings. The van der Waals surface area contributed by atoms with Crippen LogP contribution in [0.2, 0.25) is 0 Å². The minimum atomic E-state index is -0.663. The third-order valence-electron chi connectivity index (χ3n) is 3.99. The summed E-state index contributed by atoms with van der Waals surface area (Å²) in [5, 5.41) is 16.7. The summed E-state index contributed by atoms with van der Waals surface area (Å²) in [4.78, 5) is 20.3. The van der Waals surface area contributed by atoms with E-state index in [1.165, 1.54) is 64.2 Å². The topological polar surface area (TPSA) is 74.6 Å². The molecule has 0 aromatic carbocycles. The first-order valence-electron chi connectivity index (χ1n) is 9.98. The van der Waals surface area contributed by atoms with Gasteiger partial charge in [0.2, 0.25) is 0 Å². The van der Waals surface area contributed by atoms with E-state index in [2.05, 4.69) is 13.8 Å². The van der Waals surface area contributed by atoms with E-state index in [1.54, 1.807) is 0 Å². The maximum absolute atomic E-state index is 10.1. The molecule has 0 atom stereocenters. The maximum atomic E-state index is 10.1. The Kier molecular flexibility index (Phi) is 40.6. The first-order chi connectivity index (χ1) is 11.5. The molecule has 0 radical (unpaired) electrons. The van der Waals surface area contributed by atoms with Crippen molar-refractivity contribution in [3.63, 3.8) is 0 Å². The monoisotopic (exact) mass is 392 g/mol. The van der Waals surface area contributed by atoms with Gasteiger partial charge in [-0.3, -0.25) is 9.59 Å². The molecule has 0 aliphatic heterocycles. The van der Waals surface area contributed by atoms with Crippen LogP contribution in [0.25, 0.3) is 0 Å². The van der Waals surface area contributed by atoms with Crippen LogP contribution in [0.3, 0.4) is 0 Å².